The number of pyridine rings is 1. The highest BCUT2D eigenvalue weighted by molar-refractivity contribution is 6.30. The van der Waals surface area contributed by atoms with Gasteiger partial charge in [-0.3, -0.25) is 4.98 Å². The summed E-state index contributed by atoms with van der Waals surface area (Å²) in [5.74, 6) is 1.15. The van der Waals surface area contributed by atoms with Crippen molar-refractivity contribution >= 4 is 23.4 Å². The van der Waals surface area contributed by atoms with Crippen LogP contribution >= 0.6 is 11.6 Å². The summed E-state index contributed by atoms with van der Waals surface area (Å²) >= 11 is 5.93. The van der Waals surface area contributed by atoms with Gasteiger partial charge in [-0.1, -0.05) is 23.7 Å². The van der Waals surface area contributed by atoms with E-state index in [9.17, 15) is 5.11 Å². The van der Waals surface area contributed by atoms with E-state index in [1.807, 2.05) is 49.4 Å². The molecule has 0 fully saturated rings. The van der Waals surface area contributed by atoms with Crippen LogP contribution in [0.25, 0.3) is 11.3 Å². The van der Waals surface area contributed by atoms with Gasteiger partial charge in [0.15, 0.2) is 0 Å². The average molecular weight is 370 g/mol. The van der Waals surface area contributed by atoms with Gasteiger partial charge in [-0.25, -0.2) is 4.98 Å². The number of aromatic nitrogens is 3. The summed E-state index contributed by atoms with van der Waals surface area (Å²) in [7, 11) is 0. The minimum absolute atomic E-state index is 0.00359. The molecule has 134 valence electrons. The first kappa shape index (κ1) is 18.1. The summed E-state index contributed by atoms with van der Waals surface area (Å²) in [6.07, 6.45) is 3.45. The average Bonchev–Trinajstić information content (AvgIpc) is 2.68. The van der Waals surface area contributed by atoms with E-state index < -0.39 is 0 Å². The van der Waals surface area contributed by atoms with Crippen LogP contribution in [0.3, 0.4) is 0 Å². The quantitative estimate of drug-likeness (QED) is 0.590. The summed E-state index contributed by atoms with van der Waals surface area (Å²) in [6, 6.07) is 13.2. The topological polar surface area (TPSA) is 83.0 Å². The maximum atomic E-state index is 9.27. The number of nitrogens with zero attached hydrogens (tertiary/aromatic N) is 3. The Balaban J connectivity index is 1.85. The summed E-state index contributed by atoms with van der Waals surface area (Å²) in [5, 5.41) is 16.4. The minimum Gasteiger partial charge on any atom is -0.394 e. The molecule has 0 unspecified atom stereocenters. The molecule has 0 spiro atoms. The highest BCUT2D eigenvalue weighted by Crippen LogP contribution is 2.21. The van der Waals surface area contributed by atoms with Crippen molar-refractivity contribution in [3.63, 3.8) is 0 Å². The van der Waals surface area contributed by atoms with Crippen LogP contribution in [0.2, 0.25) is 5.02 Å². The molecular weight excluding hydrogens is 350 g/mol. The van der Waals surface area contributed by atoms with Crippen molar-refractivity contribution in [2.75, 3.05) is 17.2 Å². The summed E-state index contributed by atoms with van der Waals surface area (Å²) < 4.78 is 0. The largest absolute Gasteiger partial charge is 0.394 e. The number of hydrogen-bond acceptors (Lipinski definition) is 6. The molecule has 3 rings (SSSR count). The molecule has 26 heavy (non-hydrogen) atoms. The van der Waals surface area contributed by atoms with Crippen molar-refractivity contribution in [1.29, 1.82) is 0 Å². The predicted octanol–water partition coefficient (Wildman–Crippen LogP) is 3.60. The lowest BCUT2D eigenvalue weighted by Crippen LogP contribution is -2.21. The molecule has 0 aliphatic heterocycles. The van der Waals surface area contributed by atoms with Gasteiger partial charge in [0.05, 0.1) is 12.3 Å². The Morgan fingerprint density at radius 1 is 1.08 bits per heavy atom. The normalized spacial score (nSPS) is 11.8. The number of nitrogens with one attached hydrogen (secondary N) is 2. The van der Waals surface area contributed by atoms with E-state index in [-0.39, 0.29) is 12.6 Å². The predicted molar refractivity (Wildman–Crippen MR) is 104 cm³/mol. The van der Waals surface area contributed by atoms with Crippen molar-refractivity contribution in [1.82, 2.24) is 15.0 Å². The number of halogens is 1. The monoisotopic (exact) mass is 369 g/mol. The second-order valence-electron chi connectivity index (χ2n) is 5.91. The summed E-state index contributed by atoms with van der Waals surface area (Å²) in [6.45, 7) is 2.47. The fourth-order valence-corrected chi connectivity index (χ4v) is 2.46. The molecule has 0 radical (unpaired) electrons. The van der Waals surface area contributed by atoms with E-state index in [4.69, 9.17) is 11.6 Å². The highest BCUT2D eigenvalue weighted by atomic mass is 35.5. The van der Waals surface area contributed by atoms with Gasteiger partial charge in [-0.05, 0) is 36.8 Å². The molecular formula is C19H20ClN5O. The minimum atomic E-state index is -0.146. The Hall–Kier alpha value is -2.70. The molecule has 0 amide bonds. The molecule has 6 nitrogen and oxygen atoms in total. The SMILES string of the molecule is C[C@@H](CO)Nc1nc(NCc2ccc(Cl)cc2)cc(-c2ccncc2)n1. The van der Waals surface area contributed by atoms with Gasteiger partial charge in [0.1, 0.15) is 5.82 Å². The Bertz CT molecular complexity index is 842. The van der Waals surface area contributed by atoms with Crippen LogP contribution < -0.4 is 10.6 Å². The number of anilines is 2. The standard InChI is InChI=1S/C19H20ClN5O/c1-13(12-26)23-19-24-17(15-6-8-21-9-7-15)10-18(25-19)22-11-14-2-4-16(20)5-3-14/h2-10,13,26H,11-12H2,1H3,(H2,22,23,24,25)/t13-/m0/s1. The van der Waals surface area contributed by atoms with Gasteiger partial charge < -0.3 is 15.7 Å². The second kappa shape index (κ2) is 8.60. The van der Waals surface area contributed by atoms with Crippen LogP contribution in [0.5, 0.6) is 0 Å². The first-order chi connectivity index (χ1) is 12.6. The Kier molecular flexibility index (Phi) is 5.99. The highest BCUT2D eigenvalue weighted by Gasteiger charge is 2.09. The van der Waals surface area contributed by atoms with Gasteiger partial charge in [0, 0.05) is 41.6 Å². The Morgan fingerprint density at radius 2 is 1.81 bits per heavy atom. The molecule has 0 aliphatic carbocycles. The van der Waals surface area contributed by atoms with Gasteiger partial charge in [0.25, 0.3) is 0 Å². The zero-order valence-corrected chi connectivity index (χ0v) is 15.1. The fraction of sp³-hybridized carbons (Fsp3) is 0.211. The number of hydrogen-bond donors (Lipinski definition) is 3. The van der Waals surface area contributed by atoms with Crippen LogP contribution in [-0.2, 0) is 6.54 Å². The van der Waals surface area contributed by atoms with Crippen molar-refractivity contribution < 1.29 is 5.11 Å². The molecule has 2 heterocycles. The summed E-state index contributed by atoms with van der Waals surface area (Å²) in [5.41, 5.74) is 2.81. The van der Waals surface area contributed by atoms with E-state index in [0.29, 0.717) is 23.3 Å². The molecule has 2 aromatic heterocycles. The number of aliphatic hydroxyl groups excluding tert-OH is 1. The lowest BCUT2D eigenvalue weighted by molar-refractivity contribution is 0.281. The van der Waals surface area contributed by atoms with Crippen molar-refractivity contribution in [2.24, 2.45) is 0 Å². The van der Waals surface area contributed by atoms with E-state index >= 15 is 0 Å². The van der Waals surface area contributed by atoms with Crippen LogP contribution in [-0.4, -0.2) is 32.7 Å². The third kappa shape index (κ3) is 4.91. The van der Waals surface area contributed by atoms with Gasteiger partial charge >= 0.3 is 0 Å². The number of rotatable bonds is 7. The lowest BCUT2D eigenvalue weighted by Gasteiger charge is -2.14. The molecule has 3 aromatic rings. The Morgan fingerprint density at radius 3 is 2.50 bits per heavy atom. The van der Waals surface area contributed by atoms with E-state index in [1.54, 1.807) is 12.4 Å². The zero-order chi connectivity index (χ0) is 18.4. The van der Waals surface area contributed by atoms with Gasteiger partial charge in [-0.2, -0.15) is 4.98 Å². The van der Waals surface area contributed by atoms with Crippen molar-refractivity contribution in [3.05, 3.63) is 65.4 Å². The first-order valence-corrected chi connectivity index (χ1v) is 8.67. The molecule has 7 heteroatoms. The van der Waals surface area contributed by atoms with Crippen molar-refractivity contribution in [3.8, 4) is 11.3 Å². The van der Waals surface area contributed by atoms with Crippen molar-refractivity contribution in [2.45, 2.75) is 19.5 Å². The van der Waals surface area contributed by atoms with Crippen LogP contribution in [0.1, 0.15) is 12.5 Å². The third-order valence-corrected chi connectivity index (χ3v) is 3.99. The molecule has 0 saturated heterocycles. The molecule has 1 atom stereocenters. The molecule has 3 N–H and O–H groups in total. The maximum absolute atomic E-state index is 9.27. The maximum Gasteiger partial charge on any atom is 0.225 e. The second-order valence-corrected chi connectivity index (χ2v) is 6.34. The van der Waals surface area contributed by atoms with E-state index in [2.05, 4.69) is 25.6 Å². The lowest BCUT2D eigenvalue weighted by atomic mass is 10.2. The smallest absolute Gasteiger partial charge is 0.225 e. The molecule has 0 bridgehead atoms. The molecule has 0 saturated carbocycles. The van der Waals surface area contributed by atoms with Crippen LogP contribution in [0, 0.1) is 0 Å². The Labute approximate surface area is 157 Å². The van der Waals surface area contributed by atoms with E-state index in [1.165, 1.54) is 0 Å². The van der Waals surface area contributed by atoms with Crippen LogP contribution in [0.4, 0.5) is 11.8 Å². The summed E-state index contributed by atoms with van der Waals surface area (Å²) in [4.78, 5) is 13.1. The number of aliphatic hydroxyl groups is 1. The van der Waals surface area contributed by atoms with Gasteiger partial charge in [0.2, 0.25) is 5.95 Å². The molecule has 1 aromatic carbocycles. The first-order valence-electron chi connectivity index (χ1n) is 8.29. The zero-order valence-electron chi connectivity index (χ0n) is 14.4. The number of benzene rings is 1. The van der Waals surface area contributed by atoms with Gasteiger partial charge in [-0.15, -0.1) is 0 Å². The van der Waals surface area contributed by atoms with Crippen LogP contribution in [0.15, 0.2) is 54.9 Å². The fourth-order valence-electron chi connectivity index (χ4n) is 2.33. The van der Waals surface area contributed by atoms with E-state index in [0.717, 1.165) is 16.8 Å². The molecule has 0 aliphatic rings. The third-order valence-electron chi connectivity index (χ3n) is 3.74.